The largest absolute Gasteiger partial charge is 0.493 e. The molecule has 1 aliphatic rings. The van der Waals surface area contributed by atoms with E-state index in [0.717, 1.165) is 5.56 Å². The van der Waals surface area contributed by atoms with Gasteiger partial charge >= 0.3 is 11.9 Å². The molecule has 0 bridgehead atoms. The van der Waals surface area contributed by atoms with Crippen LogP contribution in [-0.4, -0.2) is 26.2 Å². The fourth-order valence-electron chi connectivity index (χ4n) is 2.31. The van der Waals surface area contributed by atoms with Crippen molar-refractivity contribution in [1.29, 1.82) is 0 Å². The maximum atomic E-state index is 11.4. The number of hydrogen-bond donors (Lipinski definition) is 0. The van der Waals surface area contributed by atoms with E-state index in [2.05, 4.69) is 4.74 Å². The summed E-state index contributed by atoms with van der Waals surface area (Å²) in [4.78, 5) is 22.9. The molecule has 1 saturated heterocycles. The van der Waals surface area contributed by atoms with Crippen LogP contribution in [0.5, 0.6) is 11.5 Å². The van der Waals surface area contributed by atoms with Crippen LogP contribution in [0.4, 0.5) is 0 Å². The molecule has 0 spiro atoms. The highest BCUT2D eigenvalue weighted by molar-refractivity contribution is 5.90. The van der Waals surface area contributed by atoms with Crippen LogP contribution in [0.25, 0.3) is 0 Å². The lowest BCUT2D eigenvalue weighted by Crippen LogP contribution is -2.36. The van der Waals surface area contributed by atoms with Crippen LogP contribution < -0.4 is 9.47 Å². The van der Waals surface area contributed by atoms with E-state index < -0.39 is 17.4 Å². The zero-order valence-electron chi connectivity index (χ0n) is 11.2. The van der Waals surface area contributed by atoms with Gasteiger partial charge in [-0.2, -0.15) is 0 Å². The minimum atomic E-state index is -0.564. The molecule has 5 nitrogen and oxygen atoms in total. The summed E-state index contributed by atoms with van der Waals surface area (Å²) in [6.07, 6.45) is 0.350. The summed E-state index contributed by atoms with van der Waals surface area (Å²) in [5.74, 6) is 0.203. The van der Waals surface area contributed by atoms with E-state index in [1.54, 1.807) is 26.4 Å². The van der Waals surface area contributed by atoms with E-state index in [1.807, 2.05) is 13.0 Å². The molecule has 0 saturated carbocycles. The van der Waals surface area contributed by atoms with Crippen LogP contribution in [0, 0.1) is 0 Å². The van der Waals surface area contributed by atoms with Crippen LogP contribution in [0.15, 0.2) is 18.2 Å². The van der Waals surface area contributed by atoms with E-state index in [9.17, 15) is 9.59 Å². The molecule has 1 fully saturated rings. The van der Waals surface area contributed by atoms with Crippen molar-refractivity contribution in [2.45, 2.75) is 25.2 Å². The average molecular weight is 264 g/mol. The number of rotatable bonds is 3. The minimum Gasteiger partial charge on any atom is -0.493 e. The number of ether oxygens (including phenoxy) is 3. The third-order valence-corrected chi connectivity index (χ3v) is 3.38. The van der Waals surface area contributed by atoms with E-state index >= 15 is 0 Å². The normalized spacial score (nSPS) is 17.8. The van der Waals surface area contributed by atoms with Crippen molar-refractivity contribution in [3.8, 4) is 11.5 Å². The van der Waals surface area contributed by atoms with Gasteiger partial charge in [0.15, 0.2) is 11.5 Å². The third kappa shape index (κ3) is 2.54. The molecule has 19 heavy (non-hydrogen) atoms. The van der Waals surface area contributed by atoms with E-state index in [-0.39, 0.29) is 12.8 Å². The Balaban J connectivity index is 2.40. The Labute approximate surface area is 111 Å². The summed E-state index contributed by atoms with van der Waals surface area (Å²) in [7, 11) is 3.10. The lowest BCUT2D eigenvalue weighted by molar-refractivity contribution is -0.166. The van der Waals surface area contributed by atoms with Gasteiger partial charge in [-0.3, -0.25) is 9.59 Å². The second-order valence-corrected chi connectivity index (χ2v) is 4.83. The number of esters is 2. The van der Waals surface area contributed by atoms with Crippen LogP contribution in [-0.2, 0) is 19.7 Å². The number of carbonyl (C=O) groups excluding carboxylic acids is 2. The second-order valence-electron chi connectivity index (χ2n) is 4.83. The molecule has 1 aromatic rings. The first-order valence-electron chi connectivity index (χ1n) is 5.94. The molecule has 0 radical (unpaired) electrons. The molecule has 0 aromatic heterocycles. The van der Waals surface area contributed by atoms with E-state index in [4.69, 9.17) is 9.47 Å². The quantitative estimate of drug-likeness (QED) is 0.615. The number of methoxy groups -OCH3 is 2. The first-order valence-corrected chi connectivity index (χ1v) is 5.94. The third-order valence-electron chi connectivity index (χ3n) is 3.38. The Morgan fingerprint density at radius 3 is 2.16 bits per heavy atom. The average Bonchev–Trinajstić information content (AvgIpc) is 2.36. The van der Waals surface area contributed by atoms with Gasteiger partial charge in [-0.05, 0) is 17.7 Å². The Morgan fingerprint density at radius 1 is 1.05 bits per heavy atom. The topological polar surface area (TPSA) is 61.8 Å². The number of cyclic esters (lactones) is 2. The van der Waals surface area contributed by atoms with Crippen molar-refractivity contribution in [1.82, 2.24) is 0 Å². The molecule has 1 aromatic carbocycles. The van der Waals surface area contributed by atoms with Crippen LogP contribution in [0.3, 0.4) is 0 Å². The maximum absolute atomic E-state index is 11.4. The second kappa shape index (κ2) is 4.91. The summed E-state index contributed by atoms with van der Waals surface area (Å²) in [5.41, 5.74) is 0.293. The van der Waals surface area contributed by atoms with Gasteiger partial charge in [0.05, 0.1) is 27.1 Å². The maximum Gasteiger partial charge on any atom is 0.314 e. The highest BCUT2D eigenvalue weighted by Gasteiger charge is 2.39. The molecule has 0 amide bonds. The van der Waals surface area contributed by atoms with Crippen LogP contribution in [0.1, 0.15) is 25.3 Å². The van der Waals surface area contributed by atoms with Gasteiger partial charge in [-0.25, -0.2) is 0 Å². The molecule has 0 N–H and O–H groups in total. The SMILES string of the molecule is COc1ccc(C2(C)CC(=O)OC(=O)C2)cc1OC. The summed E-state index contributed by atoms with van der Waals surface area (Å²) >= 11 is 0. The molecule has 0 unspecified atom stereocenters. The van der Waals surface area contributed by atoms with Gasteiger partial charge in [0.2, 0.25) is 0 Å². The molecule has 0 aliphatic carbocycles. The van der Waals surface area contributed by atoms with Gasteiger partial charge in [0.1, 0.15) is 0 Å². The number of benzene rings is 1. The molecule has 2 rings (SSSR count). The smallest absolute Gasteiger partial charge is 0.314 e. The van der Waals surface area contributed by atoms with Gasteiger partial charge in [-0.1, -0.05) is 13.0 Å². The Hall–Kier alpha value is -2.04. The van der Waals surface area contributed by atoms with Gasteiger partial charge in [0.25, 0.3) is 0 Å². The Bertz CT molecular complexity index is 505. The first kappa shape index (κ1) is 13.4. The predicted octanol–water partition coefficient (Wildman–Crippen LogP) is 1.83. The number of carbonyl (C=O) groups is 2. The summed E-state index contributed by atoms with van der Waals surface area (Å²) in [6.45, 7) is 1.87. The van der Waals surface area contributed by atoms with Crippen LogP contribution >= 0.6 is 0 Å². The van der Waals surface area contributed by atoms with E-state index in [1.165, 1.54) is 0 Å². The lowest BCUT2D eigenvalue weighted by Gasteiger charge is -2.31. The van der Waals surface area contributed by atoms with Gasteiger partial charge in [0, 0.05) is 5.41 Å². The first-order chi connectivity index (χ1) is 8.98. The molecule has 5 heteroatoms. The zero-order valence-corrected chi connectivity index (χ0v) is 11.2. The summed E-state index contributed by atoms with van der Waals surface area (Å²) in [6, 6.07) is 5.40. The molecular formula is C14H16O5. The Kier molecular flexibility index (Phi) is 3.46. The highest BCUT2D eigenvalue weighted by atomic mass is 16.6. The van der Waals surface area contributed by atoms with Crippen molar-refractivity contribution in [3.05, 3.63) is 23.8 Å². The Morgan fingerprint density at radius 2 is 1.63 bits per heavy atom. The van der Waals surface area contributed by atoms with Crippen molar-refractivity contribution in [2.75, 3.05) is 14.2 Å². The molecular weight excluding hydrogens is 248 g/mol. The standard InChI is InChI=1S/C14H16O5/c1-14(7-12(15)19-13(16)8-14)9-4-5-10(17-2)11(6-9)18-3/h4-6H,7-8H2,1-3H3. The molecule has 1 heterocycles. The van der Waals surface area contributed by atoms with E-state index in [0.29, 0.717) is 11.5 Å². The number of hydrogen-bond acceptors (Lipinski definition) is 5. The highest BCUT2D eigenvalue weighted by Crippen LogP contribution is 2.39. The fourth-order valence-corrected chi connectivity index (χ4v) is 2.31. The molecule has 102 valence electrons. The van der Waals surface area contributed by atoms with Crippen molar-refractivity contribution in [3.63, 3.8) is 0 Å². The van der Waals surface area contributed by atoms with Crippen molar-refractivity contribution < 1.29 is 23.8 Å². The monoisotopic (exact) mass is 264 g/mol. The predicted molar refractivity (Wildman–Crippen MR) is 67.2 cm³/mol. The fraction of sp³-hybridized carbons (Fsp3) is 0.429. The lowest BCUT2D eigenvalue weighted by atomic mass is 9.75. The van der Waals surface area contributed by atoms with Crippen molar-refractivity contribution >= 4 is 11.9 Å². The van der Waals surface area contributed by atoms with Gasteiger partial charge < -0.3 is 14.2 Å². The van der Waals surface area contributed by atoms with Crippen molar-refractivity contribution in [2.24, 2.45) is 0 Å². The summed E-state index contributed by atoms with van der Waals surface area (Å²) < 4.78 is 15.0. The summed E-state index contributed by atoms with van der Waals surface area (Å²) in [5, 5.41) is 0. The molecule has 1 aliphatic heterocycles. The molecule has 0 atom stereocenters. The zero-order chi connectivity index (χ0) is 14.0. The van der Waals surface area contributed by atoms with Gasteiger partial charge in [-0.15, -0.1) is 0 Å². The minimum absolute atomic E-state index is 0.175. The van der Waals surface area contributed by atoms with Crippen LogP contribution in [0.2, 0.25) is 0 Å².